The Hall–Kier alpha value is -1.78. The van der Waals surface area contributed by atoms with Gasteiger partial charge in [-0.05, 0) is 6.08 Å². The van der Waals surface area contributed by atoms with Crippen LogP contribution in [-0.4, -0.2) is 22.2 Å². The summed E-state index contributed by atoms with van der Waals surface area (Å²) in [6.45, 7) is 0. The summed E-state index contributed by atoms with van der Waals surface area (Å²) in [7, 11) is 0. The van der Waals surface area contributed by atoms with E-state index in [-0.39, 0.29) is 17.7 Å². The first-order valence-corrected chi connectivity index (χ1v) is 3.23. The molecule has 0 atom stereocenters. The zero-order valence-corrected chi connectivity index (χ0v) is 6.07. The number of allylic oxidation sites excluding steroid dienone is 1. The molecule has 1 aliphatic rings. The van der Waals surface area contributed by atoms with Crippen LogP contribution in [0.3, 0.4) is 0 Å². The van der Waals surface area contributed by atoms with Crippen molar-refractivity contribution in [3.63, 3.8) is 0 Å². The summed E-state index contributed by atoms with van der Waals surface area (Å²) in [6.07, 6.45) is 2.65. The number of nitrogens with one attached hydrogen (secondary N) is 1. The van der Waals surface area contributed by atoms with E-state index in [9.17, 15) is 9.59 Å². The topological polar surface area (TPSA) is 86.6 Å². The maximum Gasteiger partial charge on any atom is 0.351 e. The molecule has 1 heterocycles. The SMILES string of the molecule is O=C(O)C1=CNC(C(=O)O)=CC1. The van der Waals surface area contributed by atoms with E-state index in [1.54, 1.807) is 0 Å². The van der Waals surface area contributed by atoms with E-state index in [0.717, 1.165) is 0 Å². The van der Waals surface area contributed by atoms with Gasteiger partial charge in [-0.25, -0.2) is 9.59 Å². The minimum absolute atomic E-state index is 0.0139. The van der Waals surface area contributed by atoms with Gasteiger partial charge >= 0.3 is 11.9 Å². The predicted octanol–water partition coefficient (Wildman–Crippen LogP) is -0.0833. The van der Waals surface area contributed by atoms with Crippen LogP contribution in [0, 0.1) is 0 Å². The Morgan fingerprint density at radius 1 is 1.33 bits per heavy atom. The Bertz CT molecular complexity index is 260. The summed E-state index contributed by atoms with van der Waals surface area (Å²) in [5.41, 5.74) is 0.167. The van der Waals surface area contributed by atoms with Crippen molar-refractivity contribution in [3.05, 3.63) is 23.5 Å². The van der Waals surface area contributed by atoms with Gasteiger partial charge in [-0.2, -0.15) is 0 Å². The second kappa shape index (κ2) is 3.08. The van der Waals surface area contributed by atoms with Gasteiger partial charge < -0.3 is 15.5 Å². The summed E-state index contributed by atoms with van der Waals surface area (Å²) in [5.74, 6) is -2.13. The maximum atomic E-state index is 10.3. The smallest absolute Gasteiger partial charge is 0.351 e. The highest BCUT2D eigenvalue weighted by Gasteiger charge is 2.14. The van der Waals surface area contributed by atoms with Crippen LogP contribution in [0.5, 0.6) is 0 Å². The second-order valence-corrected chi connectivity index (χ2v) is 2.25. The highest BCUT2D eigenvalue weighted by atomic mass is 16.4. The first kappa shape index (κ1) is 8.32. The van der Waals surface area contributed by atoms with E-state index in [0.29, 0.717) is 0 Å². The lowest BCUT2D eigenvalue weighted by molar-refractivity contribution is -0.134. The van der Waals surface area contributed by atoms with Crippen LogP contribution in [0.15, 0.2) is 23.5 Å². The molecule has 0 aromatic carbocycles. The van der Waals surface area contributed by atoms with Gasteiger partial charge in [-0.1, -0.05) is 0 Å². The number of rotatable bonds is 2. The Morgan fingerprint density at radius 2 is 2.00 bits per heavy atom. The number of hydrogen-bond acceptors (Lipinski definition) is 3. The third kappa shape index (κ3) is 1.63. The van der Waals surface area contributed by atoms with Crippen molar-refractivity contribution < 1.29 is 19.8 Å². The van der Waals surface area contributed by atoms with E-state index in [1.165, 1.54) is 12.3 Å². The van der Waals surface area contributed by atoms with Crippen molar-refractivity contribution in [1.82, 2.24) is 5.32 Å². The lowest BCUT2D eigenvalue weighted by Crippen LogP contribution is -2.20. The van der Waals surface area contributed by atoms with E-state index >= 15 is 0 Å². The molecule has 0 fully saturated rings. The fourth-order valence-electron chi connectivity index (χ4n) is 0.793. The maximum absolute atomic E-state index is 10.3. The fourth-order valence-corrected chi connectivity index (χ4v) is 0.793. The minimum atomic E-state index is -1.09. The molecule has 0 saturated heterocycles. The number of carboxylic acid groups (broad SMARTS) is 2. The molecule has 1 rings (SSSR count). The molecule has 0 radical (unpaired) electrons. The molecular weight excluding hydrogens is 162 g/mol. The molecule has 0 unspecified atom stereocenters. The number of aliphatic carboxylic acids is 2. The highest BCUT2D eigenvalue weighted by molar-refractivity contribution is 5.90. The first-order chi connectivity index (χ1) is 5.61. The van der Waals surface area contributed by atoms with Gasteiger partial charge in [0.25, 0.3) is 0 Å². The second-order valence-electron chi connectivity index (χ2n) is 2.25. The van der Waals surface area contributed by atoms with Gasteiger partial charge in [0.05, 0.1) is 5.57 Å². The molecule has 0 bridgehead atoms. The molecule has 3 N–H and O–H groups in total. The summed E-state index contributed by atoms with van der Waals surface area (Å²) >= 11 is 0. The summed E-state index contributed by atoms with van der Waals surface area (Å²) in [6, 6.07) is 0. The number of dihydropyridines is 1. The lowest BCUT2D eigenvalue weighted by atomic mass is 10.1. The fraction of sp³-hybridized carbons (Fsp3) is 0.143. The van der Waals surface area contributed by atoms with Crippen molar-refractivity contribution in [2.45, 2.75) is 6.42 Å². The zero-order valence-electron chi connectivity index (χ0n) is 6.07. The molecule has 0 aromatic rings. The van der Waals surface area contributed by atoms with E-state index < -0.39 is 11.9 Å². The van der Waals surface area contributed by atoms with Gasteiger partial charge in [-0.3, -0.25) is 0 Å². The Labute approximate surface area is 68.0 Å². The van der Waals surface area contributed by atoms with Crippen LogP contribution in [0.1, 0.15) is 6.42 Å². The Kier molecular flexibility index (Phi) is 2.14. The van der Waals surface area contributed by atoms with Crippen LogP contribution in [0.4, 0.5) is 0 Å². The van der Waals surface area contributed by atoms with Crippen molar-refractivity contribution in [1.29, 1.82) is 0 Å². The van der Waals surface area contributed by atoms with Crippen LogP contribution >= 0.6 is 0 Å². The third-order valence-corrected chi connectivity index (χ3v) is 1.43. The zero-order chi connectivity index (χ0) is 9.14. The van der Waals surface area contributed by atoms with Gasteiger partial charge in [0.1, 0.15) is 5.70 Å². The van der Waals surface area contributed by atoms with Crippen molar-refractivity contribution >= 4 is 11.9 Å². The van der Waals surface area contributed by atoms with E-state index in [1.807, 2.05) is 0 Å². The molecule has 64 valence electrons. The Morgan fingerprint density at radius 3 is 2.33 bits per heavy atom. The van der Waals surface area contributed by atoms with Crippen LogP contribution in [-0.2, 0) is 9.59 Å². The molecule has 0 amide bonds. The summed E-state index contributed by atoms with van der Waals surface area (Å²) in [4.78, 5) is 20.7. The molecule has 5 heteroatoms. The highest BCUT2D eigenvalue weighted by Crippen LogP contribution is 2.09. The van der Waals surface area contributed by atoms with E-state index in [4.69, 9.17) is 10.2 Å². The molecule has 0 spiro atoms. The summed E-state index contributed by atoms with van der Waals surface area (Å²) in [5, 5.41) is 19.3. The van der Waals surface area contributed by atoms with Crippen LogP contribution < -0.4 is 5.32 Å². The normalized spacial score (nSPS) is 15.7. The summed E-state index contributed by atoms with van der Waals surface area (Å²) < 4.78 is 0. The molecule has 0 aliphatic carbocycles. The monoisotopic (exact) mass is 169 g/mol. The third-order valence-electron chi connectivity index (χ3n) is 1.43. The standard InChI is InChI=1S/C7H7NO4/c9-6(10)4-1-2-5(7(11)12)8-3-4/h2-3,8H,1H2,(H,9,10)(H,11,12). The molecular formula is C7H7NO4. The predicted molar refractivity (Wildman–Crippen MR) is 39.2 cm³/mol. The van der Waals surface area contributed by atoms with Gasteiger partial charge in [0.2, 0.25) is 0 Å². The van der Waals surface area contributed by atoms with Crippen molar-refractivity contribution in [2.24, 2.45) is 0 Å². The number of hydrogen-bond donors (Lipinski definition) is 3. The van der Waals surface area contributed by atoms with Gasteiger partial charge in [0.15, 0.2) is 0 Å². The molecule has 12 heavy (non-hydrogen) atoms. The quantitative estimate of drug-likeness (QED) is 0.538. The van der Waals surface area contributed by atoms with Crippen LogP contribution in [0.2, 0.25) is 0 Å². The van der Waals surface area contributed by atoms with Crippen molar-refractivity contribution in [2.75, 3.05) is 0 Å². The largest absolute Gasteiger partial charge is 0.478 e. The molecule has 0 saturated carbocycles. The molecule has 0 aromatic heterocycles. The van der Waals surface area contributed by atoms with Crippen molar-refractivity contribution in [3.8, 4) is 0 Å². The molecule has 1 aliphatic heterocycles. The van der Waals surface area contributed by atoms with Gasteiger partial charge in [0, 0.05) is 12.6 Å². The van der Waals surface area contributed by atoms with Crippen LogP contribution in [0.25, 0.3) is 0 Å². The molecule has 5 nitrogen and oxygen atoms in total. The number of carbonyl (C=O) groups is 2. The van der Waals surface area contributed by atoms with Gasteiger partial charge in [-0.15, -0.1) is 0 Å². The number of carboxylic acids is 2. The lowest BCUT2D eigenvalue weighted by Gasteiger charge is -2.09. The first-order valence-electron chi connectivity index (χ1n) is 3.23. The minimum Gasteiger partial charge on any atom is -0.478 e. The van der Waals surface area contributed by atoms with E-state index in [2.05, 4.69) is 5.32 Å². The Balaban J connectivity index is 2.66. The average molecular weight is 169 g/mol. The average Bonchev–Trinajstić information content (AvgIpc) is 2.04.